The number of hydrogen-bond donors (Lipinski definition) is 1. The second kappa shape index (κ2) is 6.62. The lowest BCUT2D eigenvalue weighted by atomic mass is 9.94. The molecule has 136 valence electrons. The van der Waals surface area contributed by atoms with Crippen LogP contribution in [0.5, 0.6) is 0 Å². The van der Waals surface area contributed by atoms with Crippen LogP contribution in [0.3, 0.4) is 0 Å². The number of piperidine rings is 1. The Bertz CT molecular complexity index is 825. The van der Waals surface area contributed by atoms with Crippen molar-refractivity contribution < 1.29 is 9.53 Å². The highest BCUT2D eigenvalue weighted by molar-refractivity contribution is 7.20. The first-order valence-electron chi connectivity index (χ1n) is 8.32. The summed E-state index contributed by atoms with van der Waals surface area (Å²) in [5, 5.41) is 8.26. The molecule has 0 aliphatic carbocycles. The fraction of sp³-hybridized carbons (Fsp3) is 0.625. The van der Waals surface area contributed by atoms with Crippen molar-refractivity contribution in [2.24, 2.45) is 5.92 Å². The van der Waals surface area contributed by atoms with E-state index < -0.39 is 5.60 Å². The SMILES string of the molecule is CC1CCN(C(=O)OC(C)(C)C)CC1Nc1nn2c(=O)ccnc2s1. The van der Waals surface area contributed by atoms with E-state index in [1.165, 1.54) is 28.1 Å². The Morgan fingerprint density at radius 1 is 1.44 bits per heavy atom. The van der Waals surface area contributed by atoms with Crippen molar-refractivity contribution in [2.45, 2.75) is 45.8 Å². The molecule has 1 aliphatic rings. The van der Waals surface area contributed by atoms with Gasteiger partial charge in [0.05, 0.1) is 0 Å². The van der Waals surface area contributed by atoms with Gasteiger partial charge in [0.25, 0.3) is 5.56 Å². The molecule has 2 unspecified atom stereocenters. The second-order valence-corrected chi connectivity index (χ2v) is 8.28. The molecule has 0 aromatic carbocycles. The average molecular weight is 365 g/mol. The van der Waals surface area contributed by atoms with E-state index >= 15 is 0 Å². The highest BCUT2D eigenvalue weighted by Gasteiger charge is 2.32. The Labute approximate surface area is 149 Å². The highest BCUT2D eigenvalue weighted by atomic mass is 32.1. The molecule has 1 fully saturated rings. The minimum Gasteiger partial charge on any atom is -0.444 e. The Morgan fingerprint density at radius 3 is 2.88 bits per heavy atom. The Kier molecular flexibility index (Phi) is 4.68. The molecule has 1 aliphatic heterocycles. The van der Waals surface area contributed by atoms with Gasteiger partial charge in [-0.25, -0.2) is 9.78 Å². The summed E-state index contributed by atoms with van der Waals surface area (Å²) in [6, 6.07) is 1.42. The maximum Gasteiger partial charge on any atom is 0.410 e. The molecule has 2 aromatic rings. The number of ether oxygens (including phenoxy) is 1. The zero-order valence-electron chi connectivity index (χ0n) is 14.9. The van der Waals surface area contributed by atoms with Crippen molar-refractivity contribution in [3.63, 3.8) is 0 Å². The molecule has 0 saturated carbocycles. The summed E-state index contributed by atoms with van der Waals surface area (Å²) in [5.41, 5.74) is -0.718. The largest absolute Gasteiger partial charge is 0.444 e. The molecule has 2 atom stereocenters. The molecule has 8 nitrogen and oxygen atoms in total. The Balaban J connectivity index is 1.72. The van der Waals surface area contributed by atoms with Crippen molar-refractivity contribution in [3.8, 4) is 0 Å². The van der Waals surface area contributed by atoms with Gasteiger partial charge in [-0.05, 0) is 33.1 Å². The Hall–Kier alpha value is -2.16. The van der Waals surface area contributed by atoms with Crippen molar-refractivity contribution in [1.82, 2.24) is 19.5 Å². The number of fused-ring (bicyclic) bond motifs is 1. The number of rotatable bonds is 2. The van der Waals surface area contributed by atoms with Gasteiger partial charge in [0.1, 0.15) is 5.60 Å². The molecule has 0 radical (unpaired) electrons. The van der Waals surface area contributed by atoms with Crippen LogP contribution in [-0.4, -0.2) is 50.3 Å². The van der Waals surface area contributed by atoms with E-state index in [4.69, 9.17) is 4.74 Å². The summed E-state index contributed by atoms with van der Waals surface area (Å²) < 4.78 is 6.75. The first-order valence-corrected chi connectivity index (χ1v) is 9.14. The van der Waals surface area contributed by atoms with Crippen molar-refractivity contribution >= 4 is 27.5 Å². The molecular formula is C16H23N5O3S. The van der Waals surface area contributed by atoms with Gasteiger partial charge in [0, 0.05) is 31.4 Å². The number of likely N-dealkylation sites (tertiary alicyclic amines) is 1. The Morgan fingerprint density at radius 2 is 2.20 bits per heavy atom. The molecule has 3 heterocycles. The number of carbonyl (C=O) groups excluding carboxylic acids is 1. The number of nitrogens with one attached hydrogen (secondary N) is 1. The molecule has 1 N–H and O–H groups in total. The van der Waals surface area contributed by atoms with E-state index in [0.29, 0.717) is 29.1 Å². The summed E-state index contributed by atoms with van der Waals surface area (Å²) in [5.74, 6) is 0.371. The fourth-order valence-corrected chi connectivity index (χ4v) is 3.55. The lowest BCUT2D eigenvalue weighted by molar-refractivity contribution is 0.0176. The van der Waals surface area contributed by atoms with Crippen LogP contribution in [0.25, 0.3) is 4.96 Å². The highest BCUT2D eigenvalue weighted by Crippen LogP contribution is 2.24. The lowest BCUT2D eigenvalue weighted by Crippen LogP contribution is -2.50. The van der Waals surface area contributed by atoms with E-state index in [9.17, 15) is 9.59 Å². The average Bonchev–Trinajstić information content (AvgIpc) is 2.92. The molecule has 0 spiro atoms. The molecule has 2 aromatic heterocycles. The van der Waals surface area contributed by atoms with Crippen LogP contribution < -0.4 is 10.9 Å². The summed E-state index contributed by atoms with van der Waals surface area (Å²) in [4.78, 5) is 30.5. The van der Waals surface area contributed by atoms with Crippen LogP contribution in [0, 0.1) is 5.92 Å². The monoisotopic (exact) mass is 365 g/mol. The van der Waals surface area contributed by atoms with Gasteiger partial charge in [-0.3, -0.25) is 4.79 Å². The predicted molar refractivity (Wildman–Crippen MR) is 96.1 cm³/mol. The van der Waals surface area contributed by atoms with E-state index in [2.05, 4.69) is 22.3 Å². The van der Waals surface area contributed by atoms with Gasteiger partial charge in [0.2, 0.25) is 10.1 Å². The van der Waals surface area contributed by atoms with E-state index in [1.807, 2.05) is 20.8 Å². The van der Waals surface area contributed by atoms with Gasteiger partial charge in [-0.1, -0.05) is 18.3 Å². The zero-order chi connectivity index (χ0) is 18.2. The minimum atomic E-state index is -0.511. The predicted octanol–water partition coefficient (Wildman–Crippen LogP) is 2.21. The first-order chi connectivity index (χ1) is 11.7. The molecule has 1 saturated heterocycles. The number of carbonyl (C=O) groups is 1. The van der Waals surface area contributed by atoms with Crippen LogP contribution in [0.1, 0.15) is 34.1 Å². The van der Waals surface area contributed by atoms with Crippen molar-refractivity contribution in [1.29, 1.82) is 0 Å². The molecule has 25 heavy (non-hydrogen) atoms. The van der Waals surface area contributed by atoms with E-state index in [0.717, 1.165) is 6.42 Å². The molecular weight excluding hydrogens is 342 g/mol. The smallest absolute Gasteiger partial charge is 0.410 e. The number of aromatic nitrogens is 3. The molecule has 1 amide bonds. The van der Waals surface area contributed by atoms with Crippen LogP contribution in [0.15, 0.2) is 17.1 Å². The van der Waals surface area contributed by atoms with Gasteiger partial charge in [0.15, 0.2) is 0 Å². The summed E-state index contributed by atoms with van der Waals surface area (Å²) in [6.45, 7) is 8.93. The second-order valence-electron chi connectivity index (χ2n) is 7.33. The summed E-state index contributed by atoms with van der Waals surface area (Å²) in [7, 11) is 0. The third-order valence-corrected chi connectivity index (χ3v) is 4.94. The van der Waals surface area contributed by atoms with Crippen LogP contribution in [0.2, 0.25) is 0 Å². The minimum absolute atomic E-state index is 0.0394. The van der Waals surface area contributed by atoms with Gasteiger partial charge in [-0.15, -0.1) is 5.10 Å². The molecule has 9 heteroatoms. The topological polar surface area (TPSA) is 88.8 Å². The van der Waals surface area contributed by atoms with E-state index in [-0.39, 0.29) is 17.7 Å². The van der Waals surface area contributed by atoms with Crippen molar-refractivity contribution in [2.75, 3.05) is 18.4 Å². The summed E-state index contributed by atoms with van der Waals surface area (Å²) in [6.07, 6.45) is 2.06. The van der Waals surface area contributed by atoms with Crippen LogP contribution >= 0.6 is 11.3 Å². The zero-order valence-corrected chi connectivity index (χ0v) is 15.7. The number of anilines is 1. The maximum absolute atomic E-state index is 12.3. The van der Waals surface area contributed by atoms with Gasteiger partial charge >= 0.3 is 6.09 Å². The first kappa shape index (κ1) is 17.7. The quantitative estimate of drug-likeness (QED) is 0.878. The number of amides is 1. The van der Waals surface area contributed by atoms with Gasteiger partial charge in [-0.2, -0.15) is 4.52 Å². The molecule has 0 bridgehead atoms. The third-order valence-electron chi connectivity index (χ3n) is 4.09. The number of hydrogen-bond acceptors (Lipinski definition) is 7. The lowest BCUT2D eigenvalue weighted by Gasteiger charge is -2.37. The van der Waals surface area contributed by atoms with E-state index in [1.54, 1.807) is 4.90 Å². The van der Waals surface area contributed by atoms with Crippen LogP contribution in [0.4, 0.5) is 9.93 Å². The maximum atomic E-state index is 12.3. The van der Waals surface area contributed by atoms with Gasteiger partial charge < -0.3 is 15.0 Å². The molecule has 3 rings (SSSR count). The standard InChI is InChI=1S/C16H23N5O3S/c1-10-6-8-20(15(23)24-16(2,3)4)9-11(10)18-13-19-21-12(22)5-7-17-14(21)25-13/h5,7,10-11H,6,8-9H2,1-4H3,(H,18,19). The van der Waals surface area contributed by atoms with Crippen molar-refractivity contribution in [3.05, 3.63) is 22.6 Å². The summed E-state index contributed by atoms with van der Waals surface area (Å²) >= 11 is 1.32. The van der Waals surface area contributed by atoms with Crippen LogP contribution in [-0.2, 0) is 4.74 Å². The fourth-order valence-electron chi connectivity index (χ4n) is 2.71. The normalized spacial score (nSPS) is 21.4. The number of nitrogens with zero attached hydrogens (tertiary/aromatic N) is 4. The third kappa shape index (κ3) is 4.09.